The largest absolute Gasteiger partial charge is 0.352 e. The molecule has 1 aromatic heterocycles. The number of nitrogens with one attached hydrogen (secondary N) is 3. The van der Waals surface area contributed by atoms with Crippen molar-refractivity contribution in [3.8, 4) is 0 Å². The summed E-state index contributed by atoms with van der Waals surface area (Å²) in [5.74, 6) is 0.458. The van der Waals surface area contributed by atoms with Crippen molar-refractivity contribution in [3.05, 3.63) is 46.8 Å². The summed E-state index contributed by atoms with van der Waals surface area (Å²) < 4.78 is 1.86. The average molecular weight is 356 g/mol. The molecule has 0 atom stereocenters. The molecular weight excluding hydrogens is 328 g/mol. The number of hydrogen-bond acceptors (Lipinski definition) is 3. The van der Waals surface area contributed by atoms with Crippen molar-refractivity contribution in [2.75, 3.05) is 18.9 Å². The van der Waals surface area contributed by atoms with Crippen LogP contribution < -0.4 is 16.0 Å². The molecule has 1 aromatic carbocycles. The molecule has 1 amide bonds. The van der Waals surface area contributed by atoms with Crippen LogP contribution in [0.2, 0.25) is 0 Å². The summed E-state index contributed by atoms with van der Waals surface area (Å²) in [5, 5.41) is 13.6. The van der Waals surface area contributed by atoms with Crippen LogP contribution in [0, 0.1) is 13.8 Å². The van der Waals surface area contributed by atoms with E-state index in [0.717, 1.165) is 29.1 Å². The molecule has 0 fully saturated rings. The molecule has 2 aromatic rings. The number of carbonyl (C=O) groups is 1. The number of rotatable bonds is 6. The number of carbonyl (C=O) groups excluding carboxylic acids is 1. The van der Waals surface area contributed by atoms with Crippen LogP contribution in [0.4, 0.5) is 5.69 Å². The average Bonchev–Trinajstić information content (AvgIpc) is 2.87. The molecule has 0 aliphatic carbocycles. The first kappa shape index (κ1) is 19.5. The summed E-state index contributed by atoms with van der Waals surface area (Å²) in [6.45, 7) is 6.85. The van der Waals surface area contributed by atoms with Crippen LogP contribution in [0.3, 0.4) is 0 Å². The molecule has 2 rings (SSSR count). The summed E-state index contributed by atoms with van der Waals surface area (Å²) in [5.41, 5.74) is 5.23. The van der Waals surface area contributed by atoms with E-state index < -0.39 is 0 Å². The topological polar surface area (TPSA) is 83.3 Å². The van der Waals surface area contributed by atoms with Gasteiger partial charge >= 0.3 is 0 Å². The van der Waals surface area contributed by atoms with Gasteiger partial charge in [0.15, 0.2) is 5.96 Å². The Bertz CT molecular complexity index is 793. The molecule has 1 heterocycles. The van der Waals surface area contributed by atoms with Crippen molar-refractivity contribution in [2.24, 2.45) is 12.0 Å². The van der Waals surface area contributed by atoms with E-state index in [2.05, 4.69) is 33.0 Å². The lowest BCUT2D eigenvalue weighted by atomic mass is 10.1. The van der Waals surface area contributed by atoms with Crippen molar-refractivity contribution in [1.29, 1.82) is 0 Å². The molecule has 7 heteroatoms. The van der Waals surface area contributed by atoms with Crippen LogP contribution in [0.5, 0.6) is 0 Å². The minimum atomic E-state index is -0.116. The maximum atomic E-state index is 12.1. The number of amides is 1. The quantitative estimate of drug-likeness (QED) is 0.545. The zero-order valence-corrected chi connectivity index (χ0v) is 16.2. The van der Waals surface area contributed by atoms with Crippen LogP contribution in [0.25, 0.3) is 0 Å². The van der Waals surface area contributed by atoms with Crippen molar-refractivity contribution in [2.45, 2.75) is 33.7 Å². The van der Waals surface area contributed by atoms with Gasteiger partial charge in [-0.05, 0) is 38.0 Å². The van der Waals surface area contributed by atoms with Gasteiger partial charge in [0.05, 0.1) is 12.2 Å². The molecule has 0 unspecified atom stereocenters. The van der Waals surface area contributed by atoms with Gasteiger partial charge in [0.25, 0.3) is 0 Å². The number of aliphatic imine (C=N–C) groups is 1. The van der Waals surface area contributed by atoms with E-state index in [4.69, 9.17) is 0 Å². The second-order valence-electron chi connectivity index (χ2n) is 6.15. The van der Waals surface area contributed by atoms with Gasteiger partial charge in [0.2, 0.25) is 5.91 Å². The second kappa shape index (κ2) is 9.03. The molecule has 0 radical (unpaired) electrons. The van der Waals surface area contributed by atoms with Crippen molar-refractivity contribution in [1.82, 2.24) is 20.4 Å². The van der Waals surface area contributed by atoms with Gasteiger partial charge < -0.3 is 16.0 Å². The highest BCUT2D eigenvalue weighted by atomic mass is 16.1. The van der Waals surface area contributed by atoms with Gasteiger partial charge in [0, 0.05) is 37.6 Å². The third-order valence-corrected chi connectivity index (χ3v) is 4.35. The Hall–Kier alpha value is -2.83. The lowest BCUT2D eigenvalue weighted by Gasteiger charge is -2.12. The first-order valence-electron chi connectivity index (χ1n) is 8.77. The van der Waals surface area contributed by atoms with Gasteiger partial charge in [0.1, 0.15) is 0 Å². The van der Waals surface area contributed by atoms with Gasteiger partial charge in [-0.1, -0.05) is 19.1 Å². The summed E-state index contributed by atoms with van der Waals surface area (Å²) >= 11 is 0. The lowest BCUT2D eigenvalue weighted by Crippen LogP contribution is -2.41. The first-order chi connectivity index (χ1) is 12.4. The van der Waals surface area contributed by atoms with Crippen molar-refractivity contribution in [3.63, 3.8) is 0 Å². The Morgan fingerprint density at radius 2 is 2.04 bits per heavy atom. The van der Waals surface area contributed by atoms with Crippen LogP contribution in [-0.2, 0) is 24.8 Å². The fourth-order valence-electron chi connectivity index (χ4n) is 2.70. The van der Waals surface area contributed by atoms with E-state index in [1.54, 1.807) is 7.05 Å². The second-order valence-corrected chi connectivity index (χ2v) is 6.15. The first-order valence-corrected chi connectivity index (χ1v) is 8.77. The summed E-state index contributed by atoms with van der Waals surface area (Å²) in [6.07, 6.45) is 0.936. The fraction of sp³-hybridized carbons (Fsp3) is 0.421. The van der Waals surface area contributed by atoms with E-state index >= 15 is 0 Å². The van der Waals surface area contributed by atoms with Crippen LogP contribution >= 0.6 is 0 Å². The molecule has 0 spiro atoms. The molecule has 0 saturated carbocycles. The Morgan fingerprint density at radius 3 is 2.65 bits per heavy atom. The number of benzene rings is 1. The lowest BCUT2D eigenvalue weighted by molar-refractivity contribution is -0.115. The van der Waals surface area contributed by atoms with E-state index in [1.807, 2.05) is 49.8 Å². The predicted molar refractivity (Wildman–Crippen MR) is 105 cm³/mol. The zero-order valence-electron chi connectivity index (χ0n) is 16.2. The number of aryl methyl sites for hydroxylation is 3. The highest BCUT2D eigenvalue weighted by Crippen LogP contribution is 2.11. The Labute approximate surface area is 154 Å². The molecule has 0 bridgehead atoms. The van der Waals surface area contributed by atoms with Crippen LogP contribution in [0.15, 0.2) is 29.3 Å². The molecular formula is C19H28N6O. The van der Waals surface area contributed by atoms with E-state index in [1.165, 1.54) is 5.56 Å². The molecule has 7 nitrogen and oxygen atoms in total. The third kappa shape index (κ3) is 5.08. The minimum absolute atomic E-state index is 0.116. The third-order valence-electron chi connectivity index (χ3n) is 4.35. The van der Waals surface area contributed by atoms with Gasteiger partial charge in [-0.2, -0.15) is 5.10 Å². The maximum Gasteiger partial charge on any atom is 0.243 e. The van der Waals surface area contributed by atoms with Crippen LogP contribution in [0.1, 0.15) is 29.4 Å². The van der Waals surface area contributed by atoms with Gasteiger partial charge in [-0.3, -0.25) is 14.5 Å². The Balaban J connectivity index is 1.85. The van der Waals surface area contributed by atoms with E-state index in [-0.39, 0.29) is 12.5 Å². The van der Waals surface area contributed by atoms with Crippen molar-refractivity contribution < 1.29 is 4.79 Å². The maximum absolute atomic E-state index is 12.1. The smallest absolute Gasteiger partial charge is 0.243 e. The molecule has 0 saturated heterocycles. The van der Waals surface area contributed by atoms with E-state index in [9.17, 15) is 4.79 Å². The number of hydrogen-bond donors (Lipinski definition) is 3. The molecule has 0 aliphatic rings. The summed E-state index contributed by atoms with van der Waals surface area (Å²) in [7, 11) is 3.61. The van der Waals surface area contributed by atoms with Crippen LogP contribution in [-0.4, -0.2) is 35.2 Å². The van der Waals surface area contributed by atoms with E-state index in [0.29, 0.717) is 12.5 Å². The molecule has 0 aliphatic heterocycles. The number of nitrogens with zero attached hydrogens (tertiary/aromatic N) is 3. The SMILES string of the molecule is CCc1cccc(NC(=O)CNC(=NC)NCc2c(C)nn(C)c2C)c1. The van der Waals surface area contributed by atoms with Crippen molar-refractivity contribution >= 4 is 17.6 Å². The summed E-state index contributed by atoms with van der Waals surface area (Å²) in [4.78, 5) is 16.3. The van der Waals surface area contributed by atoms with Gasteiger partial charge in [-0.15, -0.1) is 0 Å². The molecule has 26 heavy (non-hydrogen) atoms. The number of anilines is 1. The zero-order chi connectivity index (χ0) is 19.1. The number of aromatic nitrogens is 2. The molecule has 3 N–H and O–H groups in total. The monoisotopic (exact) mass is 356 g/mol. The Morgan fingerprint density at radius 1 is 1.27 bits per heavy atom. The predicted octanol–water partition coefficient (Wildman–Crippen LogP) is 1.90. The highest BCUT2D eigenvalue weighted by molar-refractivity contribution is 5.95. The fourth-order valence-corrected chi connectivity index (χ4v) is 2.70. The highest BCUT2D eigenvalue weighted by Gasteiger charge is 2.10. The Kier molecular flexibility index (Phi) is 6.77. The molecule has 140 valence electrons. The van der Waals surface area contributed by atoms with Gasteiger partial charge in [-0.25, -0.2) is 0 Å². The normalized spacial score (nSPS) is 11.3. The number of guanidine groups is 1. The standard InChI is InChI=1S/C19H28N6O/c1-6-15-8-7-9-16(10-15)23-18(26)12-22-19(20-4)21-11-17-13(2)24-25(5)14(17)3/h7-10H,6,11-12H2,1-5H3,(H,23,26)(H2,20,21,22). The summed E-state index contributed by atoms with van der Waals surface area (Å²) in [6, 6.07) is 7.86. The minimum Gasteiger partial charge on any atom is -0.352 e.